The Kier molecular flexibility index (Phi) is 5.20. The van der Waals surface area contributed by atoms with Gasteiger partial charge in [0.25, 0.3) is 0 Å². The van der Waals surface area contributed by atoms with Crippen molar-refractivity contribution in [1.82, 2.24) is 9.80 Å². The first-order chi connectivity index (χ1) is 9.97. The predicted octanol–water partition coefficient (Wildman–Crippen LogP) is 1.20. The Balaban J connectivity index is 1.85. The summed E-state index contributed by atoms with van der Waals surface area (Å²) in [6.07, 6.45) is -0.603. The highest BCUT2D eigenvalue weighted by Gasteiger charge is 2.20. The lowest BCUT2D eigenvalue weighted by Crippen LogP contribution is -2.50. The summed E-state index contributed by atoms with van der Waals surface area (Å²) in [5, 5.41) is 13.4. The minimum Gasteiger partial charge on any atom is -0.372 e. The van der Waals surface area contributed by atoms with Crippen molar-refractivity contribution in [2.45, 2.75) is 27.0 Å². The molecule has 1 atom stereocenters. The summed E-state index contributed by atoms with van der Waals surface area (Å²) in [6, 6.07) is 6.09. The number of aliphatic hydroxyl groups excluding tert-OH is 1. The van der Waals surface area contributed by atoms with Crippen molar-refractivity contribution in [1.29, 1.82) is 0 Å². The van der Waals surface area contributed by atoms with E-state index in [1.54, 1.807) is 6.92 Å². The highest BCUT2D eigenvalue weighted by atomic mass is 16.3. The Labute approximate surface area is 126 Å². The van der Waals surface area contributed by atoms with Crippen molar-refractivity contribution in [2.75, 3.05) is 38.0 Å². The number of piperazine rings is 1. The summed E-state index contributed by atoms with van der Waals surface area (Å²) in [6.45, 7) is 9.35. The molecule has 0 aromatic heterocycles. The van der Waals surface area contributed by atoms with Gasteiger partial charge in [0.1, 0.15) is 6.23 Å². The molecule has 0 saturated carbocycles. The fourth-order valence-corrected chi connectivity index (χ4v) is 2.74. The van der Waals surface area contributed by atoms with Gasteiger partial charge >= 0.3 is 0 Å². The van der Waals surface area contributed by atoms with Gasteiger partial charge in [-0.3, -0.25) is 9.69 Å². The first kappa shape index (κ1) is 15.8. The van der Waals surface area contributed by atoms with E-state index in [0.717, 1.165) is 43.0 Å². The number of nitrogens with zero attached hydrogens (tertiary/aromatic N) is 2. The Morgan fingerprint density at radius 1 is 1.24 bits per heavy atom. The number of amides is 1. The van der Waals surface area contributed by atoms with Gasteiger partial charge in [-0.1, -0.05) is 18.2 Å². The van der Waals surface area contributed by atoms with Gasteiger partial charge in [0, 0.05) is 45.3 Å². The molecule has 5 nitrogen and oxygen atoms in total. The smallest absolute Gasteiger partial charge is 0.219 e. The lowest BCUT2D eigenvalue weighted by Gasteiger charge is -2.35. The fraction of sp³-hybridized carbons (Fsp3) is 0.562. The number of hydrogen-bond donors (Lipinski definition) is 2. The molecule has 1 saturated heterocycles. The van der Waals surface area contributed by atoms with Gasteiger partial charge in [0.05, 0.1) is 0 Å². The molecule has 0 bridgehead atoms. The summed E-state index contributed by atoms with van der Waals surface area (Å²) in [7, 11) is 0. The van der Waals surface area contributed by atoms with Gasteiger partial charge in [-0.2, -0.15) is 0 Å². The predicted molar refractivity (Wildman–Crippen MR) is 84.2 cm³/mol. The minimum atomic E-state index is -0.603. The Hall–Kier alpha value is -1.59. The number of nitrogens with one attached hydrogen (secondary N) is 1. The van der Waals surface area contributed by atoms with Gasteiger partial charge in [-0.25, -0.2) is 0 Å². The van der Waals surface area contributed by atoms with Crippen LogP contribution in [0.2, 0.25) is 0 Å². The lowest BCUT2D eigenvalue weighted by atomic mass is 10.1. The van der Waals surface area contributed by atoms with E-state index >= 15 is 0 Å². The number of aryl methyl sites for hydroxylation is 2. The molecule has 0 radical (unpaired) electrons. The molecule has 1 aliphatic rings. The number of carbonyl (C=O) groups is 1. The van der Waals surface area contributed by atoms with Crippen LogP contribution in [0, 0.1) is 13.8 Å². The molecule has 1 unspecified atom stereocenters. The van der Waals surface area contributed by atoms with Gasteiger partial charge < -0.3 is 15.3 Å². The molecule has 1 fully saturated rings. The van der Waals surface area contributed by atoms with Crippen molar-refractivity contribution in [2.24, 2.45) is 0 Å². The Morgan fingerprint density at radius 3 is 2.33 bits per heavy atom. The SMILES string of the molecule is CC(=O)N1CCN(CC(O)Nc2c(C)cccc2C)CC1. The van der Waals surface area contributed by atoms with E-state index in [4.69, 9.17) is 0 Å². The van der Waals surface area contributed by atoms with Crippen LogP contribution in [0.15, 0.2) is 18.2 Å². The number of anilines is 1. The van der Waals surface area contributed by atoms with Crippen LogP contribution in [-0.4, -0.2) is 59.8 Å². The third kappa shape index (κ3) is 4.19. The number of carbonyl (C=O) groups excluding carboxylic acids is 1. The normalized spacial score (nSPS) is 17.6. The van der Waals surface area contributed by atoms with Crippen LogP contribution >= 0.6 is 0 Å². The highest BCUT2D eigenvalue weighted by molar-refractivity contribution is 5.73. The molecule has 5 heteroatoms. The van der Waals surface area contributed by atoms with Crippen LogP contribution in [-0.2, 0) is 4.79 Å². The molecule has 116 valence electrons. The minimum absolute atomic E-state index is 0.129. The van der Waals surface area contributed by atoms with E-state index in [-0.39, 0.29) is 5.91 Å². The standard InChI is InChI=1S/C16H25N3O2/c1-12-5-4-6-13(2)16(12)17-15(21)11-18-7-9-19(10-8-18)14(3)20/h4-6,15,17,21H,7-11H2,1-3H3. The molecule has 0 spiro atoms. The van der Waals surface area contributed by atoms with E-state index in [1.165, 1.54) is 0 Å². The van der Waals surface area contributed by atoms with Crippen LogP contribution in [0.5, 0.6) is 0 Å². The van der Waals surface area contributed by atoms with Crippen molar-refractivity contribution in [3.8, 4) is 0 Å². The molecule has 0 aliphatic carbocycles. The maximum atomic E-state index is 11.3. The van der Waals surface area contributed by atoms with Crippen LogP contribution < -0.4 is 5.32 Å². The maximum absolute atomic E-state index is 11.3. The average molecular weight is 291 g/mol. The molecule has 2 N–H and O–H groups in total. The lowest BCUT2D eigenvalue weighted by molar-refractivity contribution is -0.130. The van der Waals surface area contributed by atoms with Crippen molar-refractivity contribution >= 4 is 11.6 Å². The van der Waals surface area contributed by atoms with E-state index in [1.807, 2.05) is 36.9 Å². The topological polar surface area (TPSA) is 55.8 Å². The molecule has 1 amide bonds. The molecular weight excluding hydrogens is 266 g/mol. The van der Waals surface area contributed by atoms with E-state index in [0.29, 0.717) is 6.54 Å². The second kappa shape index (κ2) is 6.91. The second-order valence-electron chi connectivity index (χ2n) is 5.73. The average Bonchev–Trinajstić information content (AvgIpc) is 2.43. The summed E-state index contributed by atoms with van der Waals surface area (Å²) >= 11 is 0. The van der Waals surface area contributed by atoms with Gasteiger partial charge in [-0.05, 0) is 25.0 Å². The van der Waals surface area contributed by atoms with Crippen molar-refractivity contribution in [3.05, 3.63) is 29.3 Å². The fourth-order valence-electron chi connectivity index (χ4n) is 2.74. The third-order valence-corrected chi connectivity index (χ3v) is 4.04. The van der Waals surface area contributed by atoms with E-state index < -0.39 is 6.23 Å². The van der Waals surface area contributed by atoms with E-state index in [9.17, 15) is 9.90 Å². The molecule has 2 rings (SSSR count). The van der Waals surface area contributed by atoms with Crippen LogP contribution in [0.25, 0.3) is 0 Å². The molecule has 1 aromatic rings. The Bertz CT molecular complexity index is 476. The summed E-state index contributed by atoms with van der Waals surface area (Å²) in [5.74, 6) is 0.129. The number of aliphatic hydroxyl groups is 1. The quantitative estimate of drug-likeness (QED) is 0.819. The van der Waals surface area contributed by atoms with E-state index in [2.05, 4.69) is 10.2 Å². The number of benzene rings is 1. The number of rotatable bonds is 4. The first-order valence-electron chi connectivity index (χ1n) is 7.46. The summed E-state index contributed by atoms with van der Waals surface area (Å²) in [5.41, 5.74) is 3.28. The maximum Gasteiger partial charge on any atom is 0.219 e. The van der Waals surface area contributed by atoms with Crippen molar-refractivity contribution in [3.63, 3.8) is 0 Å². The van der Waals surface area contributed by atoms with Gasteiger partial charge in [0.15, 0.2) is 0 Å². The number of β-amino-alcohol motifs (C(OH)–C–C–N with tert-alkyl or cyclic N) is 1. The largest absolute Gasteiger partial charge is 0.372 e. The zero-order valence-electron chi connectivity index (χ0n) is 13.1. The highest BCUT2D eigenvalue weighted by Crippen LogP contribution is 2.20. The van der Waals surface area contributed by atoms with Crippen LogP contribution in [0.1, 0.15) is 18.1 Å². The zero-order chi connectivity index (χ0) is 15.4. The molecule has 1 heterocycles. The second-order valence-corrected chi connectivity index (χ2v) is 5.73. The zero-order valence-corrected chi connectivity index (χ0v) is 13.1. The van der Waals surface area contributed by atoms with Gasteiger partial charge in [0.2, 0.25) is 5.91 Å². The monoisotopic (exact) mass is 291 g/mol. The number of hydrogen-bond acceptors (Lipinski definition) is 4. The van der Waals surface area contributed by atoms with Crippen LogP contribution in [0.3, 0.4) is 0 Å². The number of para-hydroxylation sites is 1. The molecule has 21 heavy (non-hydrogen) atoms. The molecule has 1 aromatic carbocycles. The van der Waals surface area contributed by atoms with Crippen molar-refractivity contribution < 1.29 is 9.90 Å². The molecule has 1 aliphatic heterocycles. The molecular formula is C16H25N3O2. The first-order valence-corrected chi connectivity index (χ1v) is 7.46. The Morgan fingerprint density at radius 2 is 1.81 bits per heavy atom. The van der Waals surface area contributed by atoms with Gasteiger partial charge in [-0.15, -0.1) is 0 Å². The van der Waals surface area contributed by atoms with Crippen LogP contribution in [0.4, 0.5) is 5.69 Å². The third-order valence-electron chi connectivity index (χ3n) is 4.04. The summed E-state index contributed by atoms with van der Waals surface area (Å²) < 4.78 is 0. The summed E-state index contributed by atoms with van der Waals surface area (Å²) in [4.78, 5) is 15.3.